The summed E-state index contributed by atoms with van der Waals surface area (Å²) in [5.74, 6) is -1.24. The fourth-order valence-corrected chi connectivity index (χ4v) is 6.64. The maximum absolute atomic E-state index is 12.8. The van der Waals surface area contributed by atoms with Crippen molar-refractivity contribution in [1.29, 1.82) is 0 Å². The Labute approximate surface area is 190 Å². The van der Waals surface area contributed by atoms with E-state index >= 15 is 0 Å². The second-order valence-electron chi connectivity index (χ2n) is 6.92. The molecule has 4 rings (SSSR count). The average Bonchev–Trinajstić information content (AvgIpc) is 3.20. The van der Waals surface area contributed by atoms with E-state index in [0.717, 1.165) is 9.35 Å². The van der Waals surface area contributed by atoms with Crippen LogP contribution in [0.1, 0.15) is 16.6 Å². The first-order valence-corrected chi connectivity index (χ1v) is 12.2. The number of carboxylic acids is 1. The molecule has 1 unspecified atom stereocenters. The molecular weight excluding hydrogens is 458 g/mol. The van der Waals surface area contributed by atoms with Crippen LogP contribution in [0.3, 0.4) is 0 Å². The Morgan fingerprint density at radius 3 is 2.74 bits per heavy atom. The third-order valence-electron chi connectivity index (χ3n) is 4.87. The molecule has 1 saturated heterocycles. The molecule has 2 aromatic rings. The Balaban J connectivity index is 1.45. The maximum atomic E-state index is 12.8. The van der Waals surface area contributed by atoms with Crippen molar-refractivity contribution in [3.05, 3.63) is 52.2 Å². The number of aryl methyl sites for hydroxylation is 1. The van der Waals surface area contributed by atoms with Gasteiger partial charge in [0.15, 0.2) is 4.34 Å². The van der Waals surface area contributed by atoms with Gasteiger partial charge in [0.05, 0.1) is 0 Å². The zero-order chi connectivity index (χ0) is 22.1. The third-order valence-corrected chi connectivity index (χ3v) is 8.26. The van der Waals surface area contributed by atoms with Crippen LogP contribution in [0.4, 0.5) is 0 Å². The Morgan fingerprint density at radius 2 is 2.10 bits per heavy atom. The Hall–Kier alpha value is -2.41. The predicted molar refractivity (Wildman–Crippen MR) is 118 cm³/mol. The zero-order valence-electron chi connectivity index (χ0n) is 16.3. The van der Waals surface area contributed by atoms with E-state index in [1.54, 1.807) is 24.3 Å². The van der Waals surface area contributed by atoms with Crippen molar-refractivity contribution in [2.75, 3.05) is 11.5 Å². The minimum absolute atomic E-state index is 0.0136. The van der Waals surface area contributed by atoms with E-state index in [1.807, 2.05) is 13.0 Å². The Bertz CT molecular complexity index is 1060. The molecule has 2 aliphatic heterocycles. The first kappa shape index (κ1) is 21.8. The molecule has 3 atom stereocenters. The number of aromatic nitrogens is 2. The van der Waals surface area contributed by atoms with Crippen LogP contribution in [-0.2, 0) is 14.4 Å². The number of carbonyl (C=O) groups excluding carboxylic acids is 2. The number of aliphatic carboxylic acids is 1. The number of hydrogen-bond acceptors (Lipinski definition) is 9. The first-order chi connectivity index (χ1) is 14.9. The summed E-state index contributed by atoms with van der Waals surface area (Å²) in [5.41, 5.74) is 7.28. The molecule has 2 aliphatic rings. The van der Waals surface area contributed by atoms with Gasteiger partial charge < -0.3 is 16.2 Å². The van der Waals surface area contributed by atoms with Crippen molar-refractivity contribution in [1.82, 2.24) is 20.4 Å². The number of rotatable bonds is 7. The van der Waals surface area contributed by atoms with E-state index in [4.69, 9.17) is 5.73 Å². The summed E-state index contributed by atoms with van der Waals surface area (Å²) in [6.45, 7) is 1.85. The van der Waals surface area contributed by atoms with Crippen molar-refractivity contribution >= 4 is 52.6 Å². The van der Waals surface area contributed by atoms with Crippen LogP contribution < -0.4 is 11.1 Å². The second-order valence-corrected chi connectivity index (χ2v) is 10.4. The first-order valence-electron chi connectivity index (χ1n) is 9.30. The summed E-state index contributed by atoms with van der Waals surface area (Å²) in [6.07, 6.45) is 0. The lowest BCUT2D eigenvalue weighted by Crippen LogP contribution is -2.71. The van der Waals surface area contributed by atoms with Gasteiger partial charge in [0, 0.05) is 11.5 Å². The number of nitrogens with one attached hydrogen (secondary N) is 1. The number of fused-ring (bicyclic) bond motifs is 1. The van der Waals surface area contributed by atoms with Crippen LogP contribution in [0, 0.1) is 6.92 Å². The van der Waals surface area contributed by atoms with Gasteiger partial charge in [-0.1, -0.05) is 53.4 Å². The molecule has 2 amide bonds. The molecule has 3 heterocycles. The SMILES string of the molecule is Cc1nnc(SCC2=C(C(=O)O)N3C(=O)[C@@H](NC(=O)C(N)c4ccccc4)[C@@H]3SC2)s1. The van der Waals surface area contributed by atoms with Gasteiger partial charge in [0.2, 0.25) is 5.91 Å². The Morgan fingerprint density at radius 1 is 1.35 bits per heavy atom. The number of benzene rings is 1. The number of nitrogens with two attached hydrogens (primary N) is 1. The highest BCUT2D eigenvalue weighted by Gasteiger charge is 2.54. The summed E-state index contributed by atoms with van der Waals surface area (Å²) < 4.78 is 0.747. The van der Waals surface area contributed by atoms with Crippen LogP contribution in [-0.4, -0.2) is 60.9 Å². The molecule has 12 heteroatoms. The number of nitrogens with zero attached hydrogens (tertiary/aromatic N) is 3. The van der Waals surface area contributed by atoms with Crippen LogP contribution >= 0.6 is 34.9 Å². The molecule has 0 radical (unpaired) electrons. The van der Waals surface area contributed by atoms with Crippen LogP contribution in [0.15, 0.2) is 45.9 Å². The minimum Gasteiger partial charge on any atom is -0.477 e. The monoisotopic (exact) mass is 477 g/mol. The number of carbonyl (C=O) groups is 3. The summed E-state index contributed by atoms with van der Waals surface area (Å²) >= 11 is 4.26. The van der Waals surface area contributed by atoms with Crippen LogP contribution in [0.25, 0.3) is 0 Å². The van der Waals surface area contributed by atoms with Crippen molar-refractivity contribution in [3.63, 3.8) is 0 Å². The molecule has 0 aliphatic carbocycles. The van der Waals surface area contributed by atoms with Gasteiger partial charge in [-0.25, -0.2) is 4.79 Å². The normalized spacial score (nSPS) is 21.4. The summed E-state index contributed by atoms with van der Waals surface area (Å²) in [7, 11) is 0. The van der Waals surface area contributed by atoms with Crippen molar-refractivity contribution in [2.45, 2.75) is 28.7 Å². The van der Waals surface area contributed by atoms with Gasteiger partial charge in [0.25, 0.3) is 5.91 Å². The number of carboxylic acid groups (broad SMARTS) is 1. The summed E-state index contributed by atoms with van der Waals surface area (Å²) in [4.78, 5) is 38.5. The summed E-state index contributed by atoms with van der Waals surface area (Å²) in [5, 5.41) is 20.8. The fraction of sp³-hybridized carbons (Fsp3) is 0.316. The predicted octanol–water partition coefficient (Wildman–Crippen LogP) is 1.38. The molecule has 31 heavy (non-hydrogen) atoms. The van der Waals surface area contributed by atoms with Crippen LogP contribution in [0.5, 0.6) is 0 Å². The number of β-lactam (4-membered cyclic amide) rings is 1. The average molecular weight is 478 g/mol. The number of amides is 2. The highest BCUT2D eigenvalue weighted by atomic mass is 32.2. The molecule has 4 N–H and O–H groups in total. The highest BCUT2D eigenvalue weighted by molar-refractivity contribution is 8.01. The van der Waals surface area contributed by atoms with E-state index in [0.29, 0.717) is 22.6 Å². The topological polar surface area (TPSA) is 139 Å². The standard InChI is InChI=1S/C19H19N5O4S3/c1-9-22-23-19(31-9)30-8-11-7-29-17-13(16(26)24(17)14(11)18(27)28)21-15(25)12(20)10-5-3-2-4-6-10/h2-6,12-13,17H,7-8,20H2,1H3,(H,21,25)(H,27,28)/t12?,13-,17+/m1/s1. The zero-order valence-corrected chi connectivity index (χ0v) is 18.8. The van der Waals surface area contributed by atoms with Gasteiger partial charge in [-0.15, -0.1) is 22.0 Å². The smallest absolute Gasteiger partial charge is 0.352 e. The molecular formula is C19H19N5O4S3. The minimum atomic E-state index is -1.16. The largest absolute Gasteiger partial charge is 0.477 e. The van der Waals surface area contributed by atoms with Crippen molar-refractivity contribution in [3.8, 4) is 0 Å². The molecule has 0 bridgehead atoms. The van der Waals surface area contributed by atoms with E-state index in [2.05, 4.69) is 15.5 Å². The fourth-order valence-electron chi connectivity index (χ4n) is 3.33. The van der Waals surface area contributed by atoms with Gasteiger partial charge in [-0.05, 0) is 18.1 Å². The quantitative estimate of drug-likeness (QED) is 0.399. The molecule has 162 valence electrons. The van der Waals surface area contributed by atoms with Crippen molar-refractivity contribution < 1.29 is 19.5 Å². The number of thioether (sulfide) groups is 2. The van der Waals surface area contributed by atoms with Gasteiger partial charge in [-0.3, -0.25) is 14.5 Å². The molecule has 1 fully saturated rings. The number of hydrogen-bond donors (Lipinski definition) is 3. The molecule has 0 saturated carbocycles. The molecule has 0 spiro atoms. The van der Waals surface area contributed by atoms with Gasteiger partial charge in [0.1, 0.15) is 28.2 Å². The lowest BCUT2D eigenvalue weighted by Gasteiger charge is -2.49. The third kappa shape index (κ3) is 4.33. The molecule has 1 aromatic heterocycles. The molecule has 9 nitrogen and oxygen atoms in total. The van der Waals surface area contributed by atoms with E-state index in [1.165, 1.54) is 39.8 Å². The Kier molecular flexibility index (Phi) is 6.32. The lowest BCUT2D eigenvalue weighted by molar-refractivity contribution is -0.150. The van der Waals surface area contributed by atoms with Crippen molar-refractivity contribution in [2.24, 2.45) is 5.73 Å². The van der Waals surface area contributed by atoms with E-state index < -0.39 is 35.2 Å². The maximum Gasteiger partial charge on any atom is 0.352 e. The van der Waals surface area contributed by atoms with Gasteiger partial charge in [-0.2, -0.15) is 0 Å². The van der Waals surface area contributed by atoms with Crippen LogP contribution in [0.2, 0.25) is 0 Å². The summed E-state index contributed by atoms with van der Waals surface area (Å²) in [6, 6.07) is 7.15. The second kappa shape index (κ2) is 8.99. The van der Waals surface area contributed by atoms with Gasteiger partial charge >= 0.3 is 5.97 Å². The highest BCUT2D eigenvalue weighted by Crippen LogP contribution is 2.41. The van der Waals surface area contributed by atoms with E-state index in [9.17, 15) is 19.5 Å². The lowest BCUT2D eigenvalue weighted by atomic mass is 10.0. The van der Waals surface area contributed by atoms with E-state index in [-0.39, 0.29) is 5.70 Å². The molecule has 1 aromatic carbocycles.